The van der Waals surface area contributed by atoms with Crippen LogP contribution in [-0.4, -0.2) is 23.5 Å². The van der Waals surface area contributed by atoms with Gasteiger partial charge in [-0.05, 0) is 19.4 Å². The van der Waals surface area contributed by atoms with Gasteiger partial charge in [-0.2, -0.15) is 5.26 Å². The summed E-state index contributed by atoms with van der Waals surface area (Å²) < 4.78 is 4.79. The summed E-state index contributed by atoms with van der Waals surface area (Å²) in [6, 6.07) is 8.41. The molecule has 0 bridgehead atoms. The summed E-state index contributed by atoms with van der Waals surface area (Å²) in [4.78, 5) is 24.3. The first-order valence-electron chi connectivity index (χ1n) is 6.13. The molecule has 20 heavy (non-hydrogen) atoms. The second kappa shape index (κ2) is 4.82. The van der Waals surface area contributed by atoms with Crippen LogP contribution in [0.4, 0.5) is 0 Å². The zero-order valence-electron chi connectivity index (χ0n) is 11.1. The lowest BCUT2D eigenvalue weighted by atomic mass is 9.71. The number of benzene rings is 1. The Hall–Kier alpha value is -2.61. The average molecular weight is 271 g/mol. The van der Waals surface area contributed by atoms with Gasteiger partial charge in [-0.15, -0.1) is 0 Å². The van der Waals surface area contributed by atoms with E-state index in [9.17, 15) is 20.0 Å². The molecular formula is C15H13NO4. The highest BCUT2D eigenvalue weighted by Crippen LogP contribution is 2.39. The van der Waals surface area contributed by atoms with E-state index in [-0.39, 0.29) is 6.61 Å². The monoisotopic (exact) mass is 271 g/mol. The highest BCUT2D eigenvalue weighted by Gasteiger charge is 2.47. The molecule has 5 nitrogen and oxygen atoms in total. The summed E-state index contributed by atoms with van der Waals surface area (Å²) in [5.41, 5.74) is -1.28. The van der Waals surface area contributed by atoms with Crippen molar-refractivity contribution >= 4 is 17.5 Å². The molecule has 1 atom stereocenters. The van der Waals surface area contributed by atoms with Gasteiger partial charge in [0.05, 0.1) is 12.7 Å². The average Bonchev–Trinajstić information content (AvgIpc) is 2.45. The molecular weight excluding hydrogens is 258 g/mol. The van der Waals surface area contributed by atoms with E-state index < -0.39 is 28.5 Å². The largest absolute Gasteiger partial charge is 0.506 e. The first kappa shape index (κ1) is 13.8. The molecule has 5 heteroatoms. The lowest BCUT2D eigenvalue weighted by Crippen LogP contribution is -2.39. The van der Waals surface area contributed by atoms with Gasteiger partial charge >= 0.3 is 5.97 Å². The van der Waals surface area contributed by atoms with Crippen molar-refractivity contribution < 1.29 is 19.4 Å². The SMILES string of the molecule is CCOC(=O)C1=C(O)c2ccccc2[C@](C)(C#N)C1=O. The fourth-order valence-electron chi connectivity index (χ4n) is 2.24. The van der Waals surface area contributed by atoms with Crippen LogP contribution in [0.5, 0.6) is 0 Å². The standard InChI is InChI=1S/C15H13NO4/c1-3-20-14(19)11-12(17)9-6-4-5-7-10(9)15(2,8-16)13(11)18/h4-7,17H,3H2,1-2H3/t15-/m0/s1. The van der Waals surface area contributed by atoms with Crippen LogP contribution in [0.2, 0.25) is 0 Å². The Morgan fingerprint density at radius 2 is 2.10 bits per heavy atom. The number of hydrogen-bond donors (Lipinski definition) is 1. The highest BCUT2D eigenvalue weighted by molar-refractivity contribution is 6.27. The number of hydrogen-bond acceptors (Lipinski definition) is 5. The molecule has 1 aromatic carbocycles. The van der Waals surface area contributed by atoms with Crippen LogP contribution in [0.1, 0.15) is 25.0 Å². The second-order valence-electron chi connectivity index (χ2n) is 4.56. The summed E-state index contributed by atoms with van der Waals surface area (Å²) in [5, 5.41) is 19.5. The van der Waals surface area contributed by atoms with Gasteiger partial charge in [-0.3, -0.25) is 4.79 Å². The van der Waals surface area contributed by atoms with Crippen molar-refractivity contribution in [3.63, 3.8) is 0 Å². The molecule has 0 unspecified atom stereocenters. The molecule has 1 N–H and O–H groups in total. The second-order valence-corrected chi connectivity index (χ2v) is 4.56. The number of ether oxygens (including phenoxy) is 1. The predicted octanol–water partition coefficient (Wildman–Crippen LogP) is 1.88. The van der Waals surface area contributed by atoms with Crippen LogP contribution in [0.25, 0.3) is 5.76 Å². The van der Waals surface area contributed by atoms with Crippen molar-refractivity contribution in [2.24, 2.45) is 0 Å². The minimum Gasteiger partial charge on any atom is -0.506 e. The molecule has 0 radical (unpaired) electrons. The Labute approximate surface area is 116 Å². The lowest BCUT2D eigenvalue weighted by molar-refractivity contribution is -0.140. The summed E-state index contributed by atoms with van der Waals surface area (Å²) in [6.07, 6.45) is 0. The van der Waals surface area contributed by atoms with E-state index in [4.69, 9.17) is 4.74 Å². The summed E-state index contributed by atoms with van der Waals surface area (Å²) >= 11 is 0. The molecule has 1 aliphatic rings. The third-order valence-corrected chi connectivity index (χ3v) is 3.34. The highest BCUT2D eigenvalue weighted by atomic mass is 16.5. The van der Waals surface area contributed by atoms with Crippen molar-refractivity contribution in [3.8, 4) is 6.07 Å². The third-order valence-electron chi connectivity index (χ3n) is 3.34. The molecule has 0 aromatic heterocycles. The number of carbonyl (C=O) groups excluding carboxylic acids is 2. The van der Waals surface area contributed by atoms with Gasteiger partial charge in [0, 0.05) is 5.56 Å². The minimum absolute atomic E-state index is 0.0772. The zero-order valence-corrected chi connectivity index (χ0v) is 11.1. The number of carbonyl (C=O) groups is 2. The van der Waals surface area contributed by atoms with Crippen LogP contribution >= 0.6 is 0 Å². The summed E-state index contributed by atoms with van der Waals surface area (Å²) in [5.74, 6) is -2.09. The van der Waals surface area contributed by atoms with Crippen LogP contribution in [0.15, 0.2) is 29.8 Å². The molecule has 0 saturated heterocycles. The first-order valence-corrected chi connectivity index (χ1v) is 6.13. The molecule has 0 spiro atoms. The van der Waals surface area contributed by atoms with E-state index in [0.29, 0.717) is 11.1 Å². The quantitative estimate of drug-likeness (QED) is 0.655. The van der Waals surface area contributed by atoms with Crippen molar-refractivity contribution in [3.05, 3.63) is 41.0 Å². The van der Waals surface area contributed by atoms with Crippen molar-refractivity contribution in [1.82, 2.24) is 0 Å². The van der Waals surface area contributed by atoms with Crippen molar-refractivity contribution in [1.29, 1.82) is 5.26 Å². The minimum atomic E-state index is -1.51. The Balaban J connectivity index is 2.74. The molecule has 0 fully saturated rings. The number of aliphatic hydroxyl groups excluding tert-OH is 1. The Morgan fingerprint density at radius 3 is 2.70 bits per heavy atom. The van der Waals surface area contributed by atoms with E-state index in [1.807, 2.05) is 6.07 Å². The Bertz CT molecular complexity index is 669. The van der Waals surface area contributed by atoms with E-state index in [2.05, 4.69) is 0 Å². The number of aliphatic hydroxyl groups is 1. The summed E-state index contributed by atoms with van der Waals surface area (Å²) in [7, 11) is 0. The van der Waals surface area contributed by atoms with Gasteiger partial charge < -0.3 is 9.84 Å². The maximum Gasteiger partial charge on any atom is 0.345 e. The normalized spacial score (nSPS) is 21.1. The lowest BCUT2D eigenvalue weighted by Gasteiger charge is -2.28. The van der Waals surface area contributed by atoms with Crippen LogP contribution < -0.4 is 0 Å². The zero-order chi connectivity index (χ0) is 14.9. The van der Waals surface area contributed by atoms with Gasteiger partial charge in [0.25, 0.3) is 0 Å². The smallest absolute Gasteiger partial charge is 0.345 e. The maximum absolute atomic E-state index is 12.4. The summed E-state index contributed by atoms with van der Waals surface area (Å²) in [6.45, 7) is 3.11. The molecule has 0 heterocycles. The van der Waals surface area contributed by atoms with Crippen LogP contribution in [0, 0.1) is 11.3 Å². The van der Waals surface area contributed by atoms with Crippen LogP contribution in [0.3, 0.4) is 0 Å². The van der Waals surface area contributed by atoms with Gasteiger partial charge in [-0.25, -0.2) is 4.79 Å². The van der Waals surface area contributed by atoms with E-state index in [1.165, 1.54) is 6.92 Å². The Morgan fingerprint density at radius 1 is 1.45 bits per heavy atom. The van der Waals surface area contributed by atoms with Crippen LogP contribution in [-0.2, 0) is 19.7 Å². The number of Topliss-reactive ketones (excluding diaryl/α,β-unsaturated/α-hetero) is 1. The maximum atomic E-state index is 12.4. The number of nitriles is 1. The first-order chi connectivity index (χ1) is 9.47. The Kier molecular flexibility index (Phi) is 3.33. The molecule has 1 aliphatic carbocycles. The van der Waals surface area contributed by atoms with Gasteiger partial charge in [-0.1, -0.05) is 24.3 Å². The molecule has 0 aliphatic heterocycles. The number of nitrogens with zero attached hydrogens (tertiary/aromatic N) is 1. The number of ketones is 1. The molecule has 102 valence electrons. The molecule has 1 aromatic rings. The fourth-order valence-corrected chi connectivity index (χ4v) is 2.24. The third kappa shape index (κ3) is 1.77. The van der Waals surface area contributed by atoms with Crippen molar-refractivity contribution in [2.75, 3.05) is 6.61 Å². The van der Waals surface area contributed by atoms with Gasteiger partial charge in [0.2, 0.25) is 0 Å². The van der Waals surface area contributed by atoms with Crippen molar-refractivity contribution in [2.45, 2.75) is 19.3 Å². The van der Waals surface area contributed by atoms with E-state index in [1.54, 1.807) is 31.2 Å². The predicted molar refractivity (Wildman–Crippen MR) is 70.6 cm³/mol. The number of esters is 1. The van der Waals surface area contributed by atoms with E-state index in [0.717, 1.165) is 0 Å². The van der Waals surface area contributed by atoms with E-state index >= 15 is 0 Å². The topological polar surface area (TPSA) is 87.4 Å². The number of fused-ring (bicyclic) bond motifs is 1. The van der Waals surface area contributed by atoms with Gasteiger partial charge in [0.1, 0.15) is 16.7 Å². The fraction of sp³-hybridized carbons (Fsp3) is 0.267. The van der Waals surface area contributed by atoms with Gasteiger partial charge in [0.15, 0.2) is 5.78 Å². The molecule has 0 saturated carbocycles. The number of rotatable bonds is 2. The molecule has 2 rings (SSSR count). The molecule has 0 amide bonds.